The van der Waals surface area contributed by atoms with Crippen molar-refractivity contribution >= 4 is 34.6 Å². The number of halogens is 1. The van der Waals surface area contributed by atoms with E-state index in [-0.39, 0.29) is 11.8 Å². The van der Waals surface area contributed by atoms with Crippen LogP contribution in [0.4, 0.5) is 11.4 Å². The molecule has 1 saturated heterocycles. The van der Waals surface area contributed by atoms with Gasteiger partial charge in [0, 0.05) is 17.5 Å². The van der Waals surface area contributed by atoms with Crippen molar-refractivity contribution in [3.05, 3.63) is 59.1 Å². The third-order valence-electron chi connectivity index (χ3n) is 4.08. The van der Waals surface area contributed by atoms with E-state index in [1.165, 1.54) is 0 Å². The molecule has 5 heteroatoms. The van der Waals surface area contributed by atoms with Crippen LogP contribution < -0.4 is 10.4 Å². The lowest BCUT2D eigenvalue weighted by Gasteiger charge is -2.37. The third-order valence-corrected chi connectivity index (χ3v) is 4.32. The Labute approximate surface area is 133 Å². The van der Waals surface area contributed by atoms with Gasteiger partial charge in [0.1, 0.15) is 5.71 Å². The number of hydrogen-bond donors (Lipinski definition) is 1. The van der Waals surface area contributed by atoms with Crippen LogP contribution in [0.1, 0.15) is 5.56 Å². The van der Waals surface area contributed by atoms with Crippen molar-refractivity contribution in [1.29, 1.82) is 0 Å². The first kappa shape index (κ1) is 13.3. The molecule has 4 nitrogen and oxygen atoms in total. The van der Waals surface area contributed by atoms with Gasteiger partial charge >= 0.3 is 0 Å². The molecule has 22 heavy (non-hydrogen) atoms. The average molecular weight is 312 g/mol. The fourth-order valence-electron chi connectivity index (χ4n) is 3.01. The van der Waals surface area contributed by atoms with Crippen molar-refractivity contribution in [2.24, 2.45) is 10.9 Å². The topological polar surface area (TPSA) is 44.7 Å². The highest BCUT2D eigenvalue weighted by Crippen LogP contribution is 2.33. The van der Waals surface area contributed by atoms with E-state index in [1.54, 1.807) is 0 Å². The van der Waals surface area contributed by atoms with Crippen molar-refractivity contribution in [1.82, 2.24) is 5.43 Å². The molecule has 2 aromatic rings. The zero-order valence-electron chi connectivity index (χ0n) is 11.8. The molecule has 0 bridgehead atoms. The van der Waals surface area contributed by atoms with Gasteiger partial charge in [0.05, 0.1) is 11.4 Å². The summed E-state index contributed by atoms with van der Waals surface area (Å²) in [6.07, 6.45) is 0.808. The van der Waals surface area contributed by atoms with Crippen LogP contribution in [-0.4, -0.2) is 18.2 Å². The molecule has 2 aliphatic heterocycles. The number of benzene rings is 2. The van der Waals surface area contributed by atoms with Crippen molar-refractivity contribution in [2.75, 3.05) is 11.6 Å². The Morgan fingerprint density at radius 3 is 2.82 bits per heavy atom. The van der Waals surface area contributed by atoms with Gasteiger partial charge in [-0.1, -0.05) is 35.9 Å². The summed E-state index contributed by atoms with van der Waals surface area (Å²) in [6.45, 7) is 0.719. The highest BCUT2D eigenvalue weighted by atomic mass is 35.5. The van der Waals surface area contributed by atoms with E-state index >= 15 is 0 Å². The van der Waals surface area contributed by atoms with Crippen LogP contribution in [0.3, 0.4) is 0 Å². The summed E-state index contributed by atoms with van der Waals surface area (Å²) < 4.78 is 0. The second kappa shape index (κ2) is 5.14. The van der Waals surface area contributed by atoms with Gasteiger partial charge in [-0.2, -0.15) is 0 Å². The molecule has 1 atom stereocenters. The lowest BCUT2D eigenvalue weighted by atomic mass is 9.88. The summed E-state index contributed by atoms with van der Waals surface area (Å²) in [5.41, 5.74) is 6.44. The molecule has 4 rings (SSSR count). The van der Waals surface area contributed by atoms with Gasteiger partial charge in [-0.05, 0) is 36.2 Å². The molecule has 0 radical (unpaired) electrons. The van der Waals surface area contributed by atoms with E-state index in [0.717, 1.165) is 29.9 Å². The second-order valence-corrected chi connectivity index (χ2v) is 5.99. The highest BCUT2D eigenvalue weighted by molar-refractivity contribution is 6.41. The maximum Gasteiger partial charge on any atom is 0.284 e. The first-order chi connectivity index (χ1) is 10.7. The van der Waals surface area contributed by atoms with Gasteiger partial charge in [-0.15, -0.1) is 0 Å². The second-order valence-electron chi connectivity index (χ2n) is 5.56. The Balaban J connectivity index is 1.67. The number of hydrogen-bond acceptors (Lipinski definition) is 3. The number of nitrogens with one attached hydrogen (secondary N) is 1. The molecule has 2 aromatic carbocycles. The molecule has 0 saturated carbocycles. The third kappa shape index (κ3) is 2.25. The van der Waals surface area contributed by atoms with E-state index in [2.05, 4.69) is 10.4 Å². The first-order valence-electron chi connectivity index (χ1n) is 7.21. The Hall–Kier alpha value is -2.33. The zero-order chi connectivity index (χ0) is 15.1. The molecule has 1 N–H and O–H groups in total. The van der Waals surface area contributed by atoms with Crippen LogP contribution in [0.2, 0.25) is 5.02 Å². The maximum atomic E-state index is 12.4. The number of fused-ring (bicyclic) bond motifs is 2. The zero-order valence-corrected chi connectivity index (χ0v) is 12.5. The Bertz CT molecular complexity index is 773. The lowest BCUT2D eigenvalue weighted by molar-refractivity contribution is -0.115. The van der Waals surface area contributed by atoms with E-state index in [4.69, 9.17) is 11.6 Å². The molecular weight excluding hydrogens is 298 g/mol. The number of para-hydroxylation sites is 1. The van der Waals surface area contributed by atoms with Crippen molar-refractivity contribution in [2.45, 2.75) is 6.42 Å². The SMILES string of the molecule is O=C1NN(c2ccccc2)CC2Cc3ccc(Cl)cc3N=C12. The standard InChI is InChI=1S/C17H14ClN3O/c18-13-7-6-11-8-12-10-21(14-4-2-1-3-5-14)20-17(22)16(12)19-15(11)9-13/h1-7,9,12H,8,10H2,(H,20,22). The Kier molecular flexibility index (Phi) is 3.12. The molecule has 1 amide bonds. The minimum Gasteiger partial charge on any atom is -0.285 e. The number of carbonyl (C=O) groups excluding carboxylic acids is 1. The highest BCUT2D eigenvalue weighted by Gasteiger charge is 2.35. The molecule has 1 unspecified atom stereocenters. The van der Waals surface area contributed by atoms with E-state index < -0.39 is 0 Å². The fourth-order valence-corrected chi connectivity index (χ4v) is 3.17. The fraction of sp³-hybridized carbons (Fsp3) is 0.176. The minimum absolute atomic E-state index is 0.0997. The summed E-state index contributed by atoms with van der Waals surface area (Å²) in [6, 6.07) is 15.5. The van der Waals surface area contributed by atoms with Crippen LogP contribution in [0.25, 0.3) is 0 Å². The smallest absolute Gasteiger partial charge is 0.284 e. The van der Waals surface area contributed by atoms with Gasteiger partial charge in [-0.25, -0.2) is 4.99 Å². The summed E-state index contributed by atoms with van der Waals surface area (Å²) in [7, 11) is 0. The van der Waals surface area contributed by atoms with Gasteiger partial charge < -0.3 is 0 Å². The monoisotopic (exact) mass is 311 g/mol. The summed E-state index contributed by atoms with van der Waals surface area (Å²) >= 11 is 6.01. The minimum atomic E-state index is -0.134. The largest absolute Gasteiger partial charge is 0.285 e. The number of rotatable bonds is 1. The molecule has 2 heterocycles. The lowest BCUT2D eigenvalue weighted by Crippen LogP contribution is -2.57. The molecule has 110 valence electrons. The predicted molar refractivity (Wildman–Crippen MR) is 87.7 cm³/mol. The van der Waals surface area contributed by atoms with Crippen LogP contribution in [0.5, 0.6) is 0 Å². The summed E-state index contributed by atoms with van der Waals surface area (Å²) in [5, 5.41) is 2.54. The number of anilines is 1. The van der Waals surface area contributed by atoms with E-state index in [0.29, 0.717) is 10.7 Å². The molecule has 1 fully saturated rings. The van der Waals surface area contributed by atoms with Crippen LogP contribution in [0.15, 0.2) is 53.5 Å². The quantitative estimate of drug-likeness (QED) is 0.879. The van der Waals surface area contributed by atoms with E-state index in [1.807, 2.05) is 53.5 Å². The predicted octanol–water partition coefficient (Wildman–Crippen LogP) is 3.14. The van der Waals surface area contributed by atoms with Gasteiger partial charge in [-0.3, -0.25) is 15.2 Å². The number of amides is 1. The van der Waals surface area contributed by atoms with Crippen molar-refractivity contribution in [3.8, 4) is 0 Å². The normalized spacial score (nSPS) is 19.9. The number of aliphatic imine (C=N–C) groups is 1. The number of nitrogens with zero attached hydrogens (tertiary/aromatic N) is 2. The number of carbonyl (C=O) groups is 1. The van der Waals surface area contributed by atoms with Crippen LogP contribution in [-0.2, 0) is 11.2 Å². The van der Waals surface area contributed by atoms with Gasteiger partial charge in [0.15, 0.2) is 0 Å². The van der Waals surface area contributed by atoms with E-state index in [9.17, 15) is 4.79 Å². The van der Waals surface area contributed by atoms with Crippen LogP contribution >= 0.6 is 11.6 Å². The molecule has 0 spiro atoms. The molecule has 0 aliphatic carbocycles. The first-order valence-corrected chi connectivity index (χ1v) is 7.59. The average Bonchev–Trinajstić information content (AvgIpc) is 2.54. The number of hydrazine groups is 1. The molecule has 2 aliphatic rings. The molecule has 0 aromatic heterocycles. The van der Waals surface area contributed by atoms with Crippen molar-refractivity contribution < 1.29 is 4.79 Å². The Morgan fingerprint density at radius 2 is 2.00 bits per heavy atom. The van der Waals surface area contributed by atoms with Gasteiger partial charge in [0.2, 0.25) is 0 Å². The summed E-state index contributed by atoms with van der Waals surface area (Å²) in [5.74, 6) is -0.0339. The maximum absolute atomic E-state index is 12.4. The molecular formula is C17H14ClN3O. The van der Waals surface area contributed by atoms with Gasteiger partial charge in [0.25, 0.3) is 5.91 Å². The summed E-state index contributed by atoms with van der Waals surface area (Å²) in [4.78, 5) is 16.9. The van der Waals surface area contributed by atoms with Crippen LogP contribution in [0, 0.1) is 5.92 Å². The van der Waals surface area contributed by atoms with Crippen molar-refractivity contribution in [3.63, 3.8) is 0 Å². The Morgan fingerprint density at radius 1 is 1.18 bits per heavy atom.